The van der Waals surface area contributed by atoms with Crippen LogP contribution in [0.2, 0.25) is 0 Å². The summed E-state index contributed by atoms with van der Waals surface area (Å²) in [6, 6.07) is 0. The zero-order valence-electron chi connectivity index (χ0n) is 8.38. The Balaban J connectivity index is 3.75. The molecule has 1 unspecified atom stereocenters. The van der Waals surface area contributed by atoms with Crippen molar-refractivity contribution in [3.8, 4) is 0 Å². The monoisotopic (exact) mass is 227 g/mol. The second-order valence-electron chi connectivity index (χ2n) is 3.78. The van der Waals surface area contributed by atoms with Crippen LogP contribution in [0, 0.1) is 0 Å². The number of carbonyl (C=O) groups excluding carboxylic acids is 1. The van der Waals surface area contributed by atoms with Gasteiger partial charge in [-0.15, -0.1) is 0 Å². The molecule has 14 heavy (non-hydrogen) atoms. The average molecular weight is 227 g/mol. The van der Waals surface area contributed by atoms with E-state index in [0.29, 0.717) is 0 Å². The number of carbonyl (C=O) groups is 1. The van der Waals surface area contributed by atoms with E-state index in [1.807, 2.05) is 0 Å². The van der Waals surface area contributed by atoms with E-state index in [1.54, 1.807) is 20.8 Å². The number of rotatable bonds is 3. The van der Waals surface area contributed by atoms with Crippen LogP contribution in [-0.2, 0) is 4.74 Å². The highest BCUT2D eigenvalue weighted by Crippen LogP contribution is 2.08. The molecule has 0 saturated carbocycles. The van der Waals surface area contributed by atoms with Crippen molar-refractivity contribution in [3.63, 3.8) is 0 Å². The van der Waals surface area contributed by atoms with E-state index in [4.69, 9.17) is 4.74 Å². The maximum Gasteiger partial charge on any atom is 0.407 e. The van der Waals surface area contributed by atoms with Crippen molar-refractivity contribution < 1.29 is 18.3 Å². The molecule has 1 atom stereocenters. The van der Waals surface area contributed by atoms with E-state index in [2.05, 4.69) is 17.9 Å². The minimum Gasteiger partial charge on any atom is -0.444 e. The maximum atomic E-state index is 11.9. The van der Waals surface area contributed by atoms with Crippen LogP contribution in [0.4, 0.5) is 13.6 Å². The molecule has 0 bridgehead atoms. The van der Waals surface area contributed by atoms with Gasteiger partial charge in [0.2, 0.25) is 0 Å². The smallest absolute Gasteiger partial charge is 0.407 e. The fourth-order valence-electron chi connectivity index (χ4n) is 0.591. The summed E-state index contributed by atoms with van der Waals surface area (Å²) in [6.07, 6.45) is -3.27. The first kappa shape index (κ1) is 13.5. The Morgan fingerprint density at radius 3 is 2.36 bits per heavy atom. The number of alkyl halides is 2. The number of hydrogen-bond acceptors (Lipinski definition) is 3. The van der Waals surface area contributed by atoms with Crippen LogP contribution in [0.3, 0.4) is 0 Å². The van der Waals surface area contributed by atoms with Gasteiger partial charge in [0.15, 0.2) is 0 Å². The highest BCUT2D eigenvalue weighted by Gasteiger charge is 2.19. The van der Waals surface area contributed by atoms with Crippen LogP contribution >= 0.6 is 12.6 Å². The van der Waals surface area contributed by atoms with Crippen molar-refractivity contribution in [3.05, 3.63) is 0 Å². The third-order valence-electron chi connectivity index (χ3n) is 1.15. The second-order valence-corrected chi connectivity index (χ2v) is 4.45. The summed E-state index contributed by atoms with van der Waals surface area (Å²) in [5.74, 6) is 0. The van der Waals surface area contributed by atoms with Gasteiger partial charge in [-0.05, 0) is 20.8 Å². The van der Waals surface area contributed by atoms with Gasteiger partial charge in [-0.2, -0.15) is 12.6 Å². The first-order valence-electron chi connectivity index (χ1n) is 4.15. The lowest BCUT2D eigenvalue weighted by molar-refractivity contribution is 0.0517. The molecule has 0 aromatic rings. The lowest BCUT2D eigenvalue weighted by Gasteiger charge is -2.20. The van der Waals surface area contributed by atoms with Gasteiger partial charge in [-0.25, -0.2) is 13.6 Å². The Labute approximate surface area is 87.6 Å². The summed E-state index contributed by atoms with van der Waals surface area (Å²) in [5.41, 5.74) is -0.624. The summed E-state index contributed by atoms with van der Waals surface area (Å²) < 4.78 is 28.7. The number of amides is 1. The molecule has 1 amide bonds. The summed E-state index contributed by atoms with van der Waals surface area (Å²) in [7, 11) is 0. The van der Waals surface area contributed by atoms with Crippen molar-refractivity contribution in [2.75, 3.05) is 6.54 Å². The molecule has 0 saturated heterocycles. The largest absolute Gasteiger partial charge is 0.444 e. The molecule has 0 aromatic carbocycles. The SMILES string of the molecule is CC(C)(C)OC(=O)NCC(S)C(F)F. The van der Waals surface area contributed by atoms with Gasteiger partial charge < -0.3 is 10.1 Å². The molecular formula is C8H15F2NO2S. The van der Waals surface area contributed by atoms with Crippen molar-refractivity contribution in [1.82, 2.24) is 5.32 Å². The normalized spacial score (nSPS) is 13.9. The number of nitrogens with one attached hydrogen (secondary N) is 1. The Morgan fingerprint density at radius 1 is 1.50 bits per heavy atom. The molecule has 0 aliphatic carbocycles. The number of alkyl carbamates (subject to hydrolysis) is 1. The topological polar surface area (TPSA) is 38.3 Å². The molecule has 84 valence electrons. The van der Waals surface area contributed by atoms with Crippen molar-refractivity contribution in [1.29, 1.82) is 0 Å². The van der Waals surface area contributed by atoms with Crippen molar-refractivity contribution in [2.45, 2.75) is 38.0 Å². The summed E-state index contributed by atoms with van der Waals surface area (Å²) in [6.45, 7) is 4.86. The van der Waals surface area contributed by atoms with Crippen LogP contribution in [0.1, 0.15) is 20.8 Å². The first-order chi connectivity index (χ1) is 6.22. The van der Waals surface area contributed by atoms with E-state index in [9.17, 15) is 13.6 Å². The minimum atomic E-state index is -2.56. The van der Waals surface area contributed by atoms with Gasteiger partial charge in [0.1, 0.15) is 5.60 Å². The number of thiol groups is 1. The van der Waals surface area contributed by atoms with Crippen LogP contribution in [0.5, 0.6) is 0 Å². The van der Waals surface area contributed by atoms with Gasteiger partial charge >= 0.3 is 6.09 Å². The van der Waals surface area contributed by atoms with E-state index >= 15 is 0 Å². The highest BCUT2D eigenvalue weighted by molar-refractivity contribution is 7.81. The zero-order valence-corrected chi connectivity index (χ0v) is 9.28. The molecule has 0 radical (unpaired) electrons. The quantitative estimate of drug-likeness (QED) is 0.724. The summed E-state index contributed by atoms with van der Waals surface area (Å²) >= 11 is 3.59. The van der Waals surface area contributed by atoms with Gasteiger partial charge in [0.05, 0.1) is 5.25 Å². The van der Waals surface area contributed by atoms with Crippen molar-refractivity contribution >= 4 is 18.7 Å². The van der Waals surface area contributed by atoms with Crippen molar-refractivity contribution in [2.24, 2.45) is 0 Å². The second kappa shape index (κ2) is 5.38. The fourth-order valence-corrected chi connectivity index (χ4v) is 0.682. The highest BCUT2D eigenvalue weighted by atomic mass is 32.1. The molecule has 0 spiro atoms. The molecule has 0 aliphatic heterocycles. The lowest BCUT2D eigenvalue weighted by atomic mass is 10.2. The lowest BCUT2D eigenvalue weighted by Crippen LogP contribution is -2.37. The standard InChI is InChI=1S/C8H15F2NO2S/c1-8(2,3)13-7(12)11-4-5(14)6(9)10/h5-6,14H,4H2,1-3H3,(H,11,12). The summed E-state index contributed by atoms with van der Waals surface area (Å²) in [5, 5.41) is 1.04. The molecule has 1 N–H and O–H groups in total. The molecule has 3 nitrogen and oxygen atoms in total. The molecule has 0 fully saturated rings. The molecular weight excluding hydrogens is 212 g/mol. The third kappa shape index (κ3) is 6.94. The fraction of sp³-hybridized carbons (Fsp3) is 0.875. The Hall–Kier alpha value is -0.520. The predicted octanol–water partition coefficient (Wildman–Crippen LogP) is 2.07. The molecule has 0 aliphatic rings. The van der Waals surface area contributed by atoms with Crippen LogP contribution < -0.4 is 5.32 Å². The Bertz CT molecular complexity index is 194. The number of halogens is 2. The van der Waals surface area contributed by atoms with Crippen LogP contribution in [0.25, 0.3) is 0 Å². The summed E-state index contributed by atoms with van der Waals surface area (Å²) in [4.78, 5) is 11.0. The van der Waals surface area contributed by atoms with E-state index < -0.39 is 23.4 Å². The van der Waals surface area contributed by atoms with Gasteiger partial charge in [-0.1, -0.05) is 0 Å². The number of hydrogen-bond donors (Lipinski definition) is 2. The van der Waals surface area contributed by atoms with Gasteiger partial charge in [0, 0.05) is 6.54 Å². The Morgan fingerprint density at radius 2 is 2.00 bits per heavy atom. The number of ether oxygens (including phenoxy) is 1. The van der Waals surface area contributed by atoms with Gasteiger partial charge in [-0.3, -0.25) is 0 Å². The van der Waals surface area contributed by atoms with E-state index in [0.717, 1.165) is 0 Å². The maximum absolute atomic E-state index is 11.9. The Kier molecular flexibility index (Phi) is 5.18. The first-order valence-corrected chi connectivity index (χ1v) is 4.67. The molecule has 0 aromatic heterocycles. The average Bonchev–Trinajstić information content (AvgIpc) is 1.96. The predicted molar refractivity (Wildman–Crippen MR) is 53.0 cm³/mol. The molecule has 0 heterocycles. The van der Waals surface area contributed by atoms with Crippen LogP contribution in [0.15, 0.2) is 0 Å². The van der Waals surface area contributed by atoms with Gasteiger partial charge in [0.25, 0.3) is 6.43 Å². The van der Waals surface area contributed by atoms with Crippen LogP contribution in [-0.4, -0.2) is 29.9 Å². The molecule has 6 heteroatoms. The molecule has 0 rings (SSSR count). The minimum absolute atomic E-state index is 0.213. The third-order valence-corrected chi connectivity index (χ3v) is 1.55. The van der Waals surface area contributed by atoms with E-state index in [-0.39, 0.29) is 6.54 Å². The zero-order chi connectivity index (χ0) is 11.4. The van der Waals surface area contributed by atoms with E-state index in [1.165, 1.54) is 0 Å².